The number of benzene rings is 3. The van der Waals surface area contributed by atoms with Crippen LogP contribution in [0.25, 0.3) is 14.5 Å². The second-order valence-electron chi connectivity index (χ2n) is 13.6. The number of aliphatic hydroxyl groups is 1. The molecule has 0 unspecified atom stereocenters. The lowest BCUT2D eigenvalue weighted by molar-refractivity contribution is 0.177. The van der Waals surface area contributed by atoms with E-state index < -0.39 is 23.1 Å². The van der Waals surface area contributed by atoms with E-state index >= 15 is 0 Å². The molecule has 47 heavy (non-hydrogen) atoms. The van der Waals surface area contributed by atoms with Crippen molar-refractivity contribution in [3.8, 4) is 11.5 Å². The molecule has 0 heterocycles. The van der Waals surface area contributed by atoms with Crippen LogP contribution in [0, 0.1) is 53.4 Å². The molecule has 3 aromatic rings. The number of hydrogen-bond acceptors (Lipinski definition) is 5. The highest BCUT2D eigenvalue weighted by atomic mass is 19.1. The number of aliphatic hydroxyl groups excluding tert-OH is 1. The molecule has 8 nitrogen and oxygen atoms in total. The van der Waals surface area contributed by atoms with Crippen LogP contribution < -0.4 is 21.4 Å². The van der Waals surface area contributed by atoms with Crippen LogP contribution in [-0.4, -0.2) is 24.9 Å². The number of rotatable bonds is 4. The van der Waals surface area contributed by atoms with Crippen molar-refractivity contribution in [2.45, 2.75) is 62.3 Å². The number of nitrogens with zero attached hydrogens (tertiary/aromatic N) is 3. The molecule has 6 N–H and O–H groups in total. The van der Waals surface area contributed by atoms with Crippen LogP contribution >= 0.6 is 0 Å². The molecule has 0 aliphatic rings. The molecule has 0 aliphatic carbocycles. The summed E-state index contributed by atoms with van der Waals surface area (Å²) in [5.41, 5.74) is 6.13. The fraction of sp³-hybridized carbons (Fsp3) is 0.417. The van der Waals surface area contributed by atoms with Gasteiger partial charge in [0.15, 0.2) is 0 Å². The third-order valence-corrected chi connectivity index (χ3v) is 5.05. The minimum absolute atomic E-state index is 0. The molecule has 0 bridgehead atoms. The average molecular weight is 656 g/mol. The highest BCUT2D eigenvalue weighted by Gasteiger charge is 2.15. The van der Waals surface area contributed by atoms with E-state index in [1.165, 1.54) is 12.1 Å². The van der Waals surface area contributed by atoms with Gasteiger partial charge >= 0.3 is 0 Å². The maximum absolute atomic E-state index is 13.2. The predicted octanol–water partition coefficient (Wildman–Crippen LogP) is 10.7. The van der Waals surface area contributed by atoms with E-state index in [0.29, 0.717) is 36.1 Å². The van der Waals surface area contributed by atoms with Crippen LogP contribution in [0.3, 0.4) is 0 Å². The van der Waals surface area contributed by atoms with E-state index in [9.17, 15) is 13.2 Å². The molecule has 256 valence electrons. The normalized spacial score (nSPS) is 10.3. The monoisotopic (exact) mass is 655 g/mol. The first-order valence-electron chi connectivity index (χ1n) is 14.3. The molecule has 0 amide bonds. The van der Waals surface area contributed by atoms with Gasteiger partial charge in [-0.05, 0) is 52.6 Å². The van der Waals surface area contributed by atoms with Crippen molar-refractivity contribution in [1.29, 1.82) is 0 Å². The highest BCUT2D eigenvalue weighted by Crippen LogP contribution is 2.34. The second kappa shape index (κ2) is 20.4. The summed E-state index contributed by atoms with van der Waals surface area (Å²) in [6.45, 7) is 39.8. The lowest BCUT2D eigenvalue weighted by Gasteiger charge is -2.19. The molecule has 0 atom stereocenters. The van der Waals surface area contributed by atoms with E-state index in [0.717, 1.165) is 12.1 Å². The molecular weight excluding hydrogens is 607 g/mol. The zero-order valence-electron chi connectivity index (χ0n) is 28.8. The number of ether oxygens (including phenoxy) is 2. The molecule has 3 rings (SSSR count). The smallest absolute Gasteiger partial charge is 0.262 e. The van der Waals surface area contributed by atoms with Gasteiger partial charge in [-0.15, -0.1) is 0 Å². The second-order valence-corrected chi connectivity index (χ2v) is 13.6. The summed E-state index contributed by atoms with van der Waals surface area (Å²) in [7, 11) is 0. The molecule has 11 heteroatoms. The van der Waals surface area contributed by atoms with Crippen LogP contribution in [0.2, 0.25) is 0 Å². The highest BCUT2D eigenvalue weighted by molar-refractivity contribution is 5.74. The molecule has 0 aromatic heterocycles. The van der Waals surface area contributed by atoms with Crippen LogP contribution in [0.4, 0.5) is 35.9 Å². The lowest BCUT2D eigenvalue weighted by Crippen LogP contribution is -2.16. The van der Waals surface area contributed by atoms with E-state index in [1.807, 2.05) is 41.5 Å². The summed E-state index contributed by atoms with van der Waals surface area (Å²) in [5.74, 6) is -1.26. The largest absolute Gasteiger partial charge is 0.504 e. The summed E-state index contributed by atoms with van der Waals surface area (Å²) < 4.78 is 49.0. The number of nitrogens with two attached hydrogens (primary N) is 1. The molecule has 0 radical (unpaired) electrons. The van der Waals surface area contributed by atoms with Crippen molar-refractivity contribution in [2.75, 3.05) is 25.6 Å². The zero-order chi connectivity index (χ0) is 35.7. The van der Waals surface area contributed by atoms with Crippen molar-refractivity contribution in [3.05, 3.63) is 106 Å². The number of nitrogen functional groups attached to an aromatic ring is 1. The quantitative estimate of drug-likeness (QED) is 0.191. The minimum Gasteiger partial charge on any atom is -0.504 e. The van der Waals surface area contributed by atoms with Gasteiger partial charge in [-0.2, -0.15) is 0 Å². The summed E-state index contributed by atoms with van der Waals surface area (Å²) in [5, 5.41) is 8.40. The minimum atomic E-state index is -0.810. The number of halogens is 3. The summed E-state index contributed by atoms with van der Waals surface area (Å²) in [6, 6.07) is 13.0. The Morgan fingerprint density at radius 1 is 0.596 bits per heavy atom. The van der Waals surface area contributed by atoms with Crippen LogP contribution in [0.5, 0.6) is 11.5 Å². The molecule has 3 aromatic carbocycles. The Kier molecular flexibility index (Phi) is 19.2. The van der Waals surface area contributed by atoms with Gasteiger partial charge in [0, 0.05) is 12.3 Å². The lowest BCUT2D eigenvalue weighted by atomic mass is 9.99. The first-order chi connectivity index (χ1) is 21.2. The first-order valence-corrected chi connectivity index (χ1v) is 14.3. The van der Waals surface area contributed by atoms with Crippen LogP contribution in [0.15, 0.2) is 54.6 Å². The summed E-state index contributed by atoms with van der Waals surface area (Å²) in [4.78, 5) is 9.16. The Morgan fingerprint density at radius 2 is 0.915 bits per heavy atom. The third-order valence-electron chi connectivity index (χ3n) is 5.05. The first kappa shape index (κ1) is 44.4. The van der Waals surface area contributed by atoms with Gasteiger partial charge in [0.2, 0.25) is 5.69 Å². The zero-order valence-corrected chi connectivity index (χ0v) is 28.8. The van der Waals surface area contributed by atoms with Gasteiger partial charge in [0.25, 0.3) is 11.4 Å². The van der Waals surface area contributed by atoms with E-state index in [4.69, 9.17) is 40.0 Å². The Hall–Kier alpha value is -4.76. The number of para-hydroxylation sites is 3. The standard InChI is InChI=1S/C12H14FNO.C12H16N2O.C7H3F2N.C5H12O.H3N/c2*1-12(2,3)8-15-10-7-5-6-9(13)11(10)14-4;1-10-7-5(8)3-2-4-6(7)9;1-5(2,3)4-6;/h5-7H,8H2,1-3H3;5-7H,8,13H2,1-3H3;2-4H;6H,4H2,1-3H3;1H3. The van der Waals surface area contributed by atoms with E-state index in [2.05, 4.69) is 35.3 Å². The number of hydrogen-bond donors (Lipinski definition) is 3. The maximum atomic E-state index is 13.2. The molecule has 0 aliphatic heterocycles. The van der Waals surface area contributed by atoms with Crippen LogP contribution in [-0.2, 0) is 0 Å². The van der Waals surface area contributed by atoms with Gasteiger partial charge in [-0.25, -0.2) is 27.7 Å². The predicted molar refractivity (Wildman–Crippen MR) is 184 cm³/mol. The fourth-order valence-corrected chi connectivity index (χ4v) is 2.68. The Balaban J connectivity index is 0. The van der Waals surface area contributed by atoms with Gasteiger partial charge in [-0.3, -0.25) is 0 Å². The van der Waals surface area contributed by atoms with Gasteiger partial charge in [0.05, 0.1) is 32.9 Å². The number of anilines is 1. The van der Waals surface area contributed by atoms with Gasteiger partial charge in [-0.1, -0.05) is 80.5 Å². The van der Waals surface area contributed by atoms with E-state index in [-0.39, 0.29) is 34.7 Å². The van der Waals surface area contributed by atoms with Gasteiger partial charge < -0.3 is 26.5 Å². The Morgan fingerprint density at radius 3 is 1.23 bits per heavy atom. The van der Waals surface area contributed by atoms with Crippen molar-refractivity contribution in [3.63, 3.8) is 0 Å². The van der Waals surface area contributed by atoms with Crippen molar-refractivity contribution >= 4 is 22.7 Å². The molecule has 0 saturated heterocycles. The van der Waals surface area contributed by atoms with Gasteiger partial charge in [0.1, 0.15) is 29.0 Å². The van der Waals surface area contributed by atoms with Crippen LogP contribution in [0.1, 0.15) is 62.3 Å². The summed E-state index contributed by atoms with van der Waals surface area (Å²) >= 11 is 0. The molecule has 0 saturated carbocycles. The molecule has 0 fully saturated rings. The fourth-order valence-electron chi connectivity index (χ4n) is 2.68. The maximum Gasteiger partial charge on any atom is 0.262 e. The van der Waals surface area contributed by atoms with Crippen molar-refractivity contribution < 1.29 is 27.8 Å². The molecular formula is C36H48F3N5O3. The third kappa shape index (κ3) is 18.7. The Labute approximate surface area is 278 Å². The van der Waals surface area contributed by atoms with Crippen molar-refractivity contribution in [2.24, 2.45) is 16.2 Å². The van der Waals surface area contributed by atoms with E-state index in [1.54, 1.807) is 30.3 Å². The Bertz CT molecular complexity index is 1420. The molecule has 0 spiro atoms. The topological polar surface area (TPSA) is 113 Å². The average Bonchev–Trinajstić information content (AvgIpc) is 2.95. The SMILES string of the molecule is CC(C)(C)CO.N.[C-]#[N+]c1c(F)cccc1F.[C-]#[N+]c1c(F)cccc1OCC(C)(C)C.[C-]#[N+]c1c(N)cccc1OCC(C)(C)C. The van der Waals surface area contributed by atoms with Crippen molar-refractivity contribution in [1.82, 2.24) is 6.15 Å². The summed E-state index contributed by atoms with van der Waals surface area (Å²) in [6.07, 6.45) is 0.